The summed E-state index contributed by atoms with van der Waals surface area (Å²) in [5, 5.41) is 23.2. The molecule has 2 aromatic rings. The first-order valence-electron chi connectivity index (χ1n) is 6.33. The molecule has 0 radical (unpaired) electrons. The summed E-state index contributed by atoms with van der Waals surface area (Å²) in [4.78, 5) is 11.6. The molecule has 1 heterocycles. The van der Waals surface area contributed by atoms with Crippen LogP contribution < -0.4 is 5.32 Å². The first kappa shape index (κ1) is 15.0. The van der Waals surface area contributed by atoms with Crippen molar-refractivity contribution in [2.75, 3.05) is 12.3 Å². The molecule has 0 bridgehead atoms. The van der Waals surface area contributed by atoms with Crippen molar-refractivity contribution in [1.29, 1.82) is 5.26 Å². The van der Waals surface area contributed by atoms with Gasteiger partial charge in [-0.1, -0.05) is 30.0 Å². The average Bonchev–Trinajstić information content (AvgIpc) is 2.94. The molecule has 21 heavy (non-hydrogen) atoms. The molecular formula is C13H14N6OS. The Morgan fingerprint density at radius 1 is 1.48 bits per heavy atom. The van der Waals surface area contributed by atoms with E-state index in [1.807, 2.05) is 37.3 Å². The van der Waals surface area contributed by atoms with E-state index in [1.54, 1.807) is 4.68 Å². The van der Waals surface area contributed by atoms with Crippen LogP contribution in [0.4, 0.5) is 0 Å². The smallest absolute Gasteiger partial charge is 0.230 e. The van der Waals surface area contributed by atoms with E-state index in [2.05, 4.69) is 20.8 Å². The normalized spacial score (nSPS) is 10.1. The summed E-state index contributed by atoms with van der Waals surface area (Å²) in [5.74, 6) is 0.0621. The third-order valence-corrected chi connectivity index (χ3v) is 3.60. The van der Waals surface area contributed by atoms with E-state index < -0.39 is 0 Å². The number of carbonyl (C=O) groups excluding carboxylic acids is 1. The Balaban J connectivity index is 2.00. The zero-order valence-corrected chi connectivity index (χ0v) is 12.3. The number of rotatable bonds is 6. The van der Waals surface area contributed by atoms with Crippen molar-refractivity contribution in [3.05, 3.63) is 29.8 Å². The van der Waals surface area contributed by atoms with Gasteiger partial charge in [0.25, 0.3) is 0 Å². The van der Waals surface area contributed by atoms with Gasteiger partial charge in [0.15, 0.2) is 0 Å². The van der Waals surface area contributed by atoms with Crippen molar-refractivity contribution >= 4 is 17.7 Å². The molecule has 0 fully saturated rings. The van der Waals surface area contributed by atoms with Gasteiger partial charge in [0.2, 0.25) is 11.1 Å². The number of amides is 1. The number of tetrazole rings is 1. The highest BCUT2D eigenvalue weighted by Crippen LogP contribution is 2.19. The predicted octanol–water partition coefficient (Wildman–Crippen LogP) is 1.09. The molecule has 0 saturated heterocycles. The molecule has 8 heteroatoms. The molecule has 1 N–H and O–H groups in total. The van der Waals surface area contributed by atoms with Gasteiger partial charge < -0.3 is 5.32 Å². The van der Waals surface area contributed by atoms with Gasteiger partial charge in [-0.3, -0.25) is 4.79 Å². The molecule has 0 aliphatic carbocycles. The maximum Gasteiger partial charge on any atom is 0.230 e. The number of benzene rings is 1. The van der Waals surface area contributed by atoms with Gasteiger partial charge in [0, 0.05) is 6.54 Å². The molecule has 0 aliphatic heterocycles. The molecule has 108 valence electrons. The van der Waals surface area contributed by atoms with Crippen LogP contribution in [0.2, 0.25) is 0 Å². The second-order valence-corrected chi connectivity index (χ2v) is 5.15. The molecule has 1 aromatic heterocycles. The molecule has 7 nitrogen and oxygen atoms in total. The van der Waals surface area contributed by atoms with E-state index in [9.17, 15) is 4.79 Å². The Labute approximate surface area is 126 Å². The van der Waals surface area contributed by atoms with Gasteiger partial charge in [-0.15, -0.1) is 5.10 Å². The zero-order chi connectivity index (χ0) is 15.1. The Hall–Kier alpha value is -2.40. The van der Waals surface area contributed by atoms with E-state index >= 15 is 0 Å². The van der Waals surface area contributed by atoms with Crippen molar-refractivity contribution < 1.29 is 4.79 Å². The number of para-hydroxylation sites is 1. The van der Waals surface area contributed by atoms with Crippen molar-refractivity contribution in [1.82, 2.24) is 25.5 Å². The van der Waals surface area contributed by atoms with Gasteiger partial charge >= 0.3 is 0 Å². The lowest BCUT2D eigenvalue weighted by molar-refractivity contribution is -0.118. The quantitative estimate of drug-likeness (QED) is 0.634. The van der Waals surface area contributed by atoms with Crippen molar-refractivity contribution in [2.45, 2.75) is 18.5 Å². The van der Waals surface area contributed by atoms with Crippen LogP contribution in [-0.4, -0.2) is 38.4 Å². The van der Waals surface area contributed by atoms with Crippen molar-refractivity contribution in [2.24, 2.45) is 0 Å². The number of aromatic nitrogens is 4. The predicted molar refractivity (Wildman–Crippen MR) is 77.9 cm³/mol. The fourth-order valence-corrected chi connectivity index (χ4v) is 2.37. The molecular weight excluding hydrogens is 288 g/mol. The Morgan fingerprint density at radius 3 is 3.05 bits per heavy atom. The molecule has 0 atom stereocenters. The van der Waals surface area contributed by atoms with Gasteiger partial charge in [-0.25, -0.2) is 0 Å². The molecule has 1 aromatic carbocycles. The van der Waals surface area contributed by atoms with Crippen LogP contribution >= 0.6 is 11.8 Å². The Bertz CT molecular complexity index is 663. The summed E-state index contributed by atoms with van der Waals surface area (Å²) in [6.07, 6.45) is 0.303. The van der Waals surface area contributed by atoms with E-state index in [0.717, 1.165) is 11.3 Å². The first-order chi connectivity index (χ1) is 10.2. The Morgan fingerprint density at radius 2 is 2.29 bits per heavy atom. The molecule has 2 rings (SSSR count). The molecule has 0 aliphatic rings. The highest BCUT2D eigenvalue weighted by molar-refractivity contribution is 7.99. The summed E-state index contributed by atoms with van der Waals surface area (Å²) in [7, 11) is 0. The Kier molecular flexibility index (Phi) is 5.29. The summed E-state index contributed by atoms with van der Waals surface area (Å²) in [5.41, 5.74) is 1.93. The lowest BCUT2D eigenvalue weighted by atomic mass is 10.2. The lowest BCUT2D eigenvalue weighted by Crippen LogP contribution is -2.26. The number of nitrogens with one attached hydrogen (secondary N) is 1. The third-order valence-electron chi connectivity index (χ3n) is 2.68. The molecule has 0 saturated carbocycles. The minimum Gasteiger partial charge on any atom is -0.354 e. The summed E-state index contributed by atoms with van der Waals surface area (Å²) >= 11 is 1.26. The highest BCUT2D eigenvalue weighted by Gasteiger charge is 2.12. The third kappa shape index (κ3) is 4.03. The number of carbonyl (C=O) groups is 1. The number of nitriles is 1. The van der Waals surface area contributed by atoms with Gasteiger partial charge in [0.1, 0.15) is 0 Å². The monoisotopic (exact) mass is 302 g/mol. The van der Waals surface area contributed by atoms with Crippen molar-refractivity contribution in [3.8, 4) is 11.8 Å². The first-order valence-corrected chi connectivity index (χ1v) is 7.31. The van der Waals surface area contributed by atoms with E-state index in [4.69, 9.17) is 5.26 Å². The molecule has 1 amide bonds. The maximum atomic E-state index is 11.6. The number of hydrogen-bond donors (Lipinski definition) is 1. The fourth-order valence-electron chi connectivity index (χ4n) is 1.66. The van der Waals surface area contributed by atoms with Crippen LogP contribution in [0.15, 0.2) is 29.4 Å². The van der Waals surface area contributed by atoms with Crippen LogP contribution in [0.25, 0.3) is 5.69 Å². The van der Waals surface area contributed by atoms with Gasteiger partial charge in [-0.05, 0) is 29.0 Å². The van der Waals surface area contributed by atoms with Crippen LogP contribution in [0.3, 0.4) is 0 Å². The van der Waals surface area contributed by atoms with E-state index in [1.165, 1.54) is 11.8 Å². The second-order valence-electron chi connectivity index (χ2n) is 4.21. The summed E-state index contributed by atoms with van der Waals surface area (Å²) in [6, 6.07) is 9.72. The van der Waals surface area contributed by atoms with Crippen LogP contribution in [-0.2, 0) is 4.79 Å². The zero-order valence-electron chi connectivity index (χ0n) is 11.5. The van der Waals surface area contributed by atoms with Crippen LogP contribution in [0.5, 0.6) is 0 Å². The fraction of sp³-hybridized carbons (Fsp3) is 0.308. The SMILES string of the molecule is Cc1ccccc1-n1nnnc1SCC(=O)NCCC#N. The largest absolute Gasteiger partial charge is 0.354 e. The summed E-state index contributed by atoms with van der Waals surface area (Å²) in [6.45, 7) is 2.33. The van der Waals surface area contributed by atoms with Crippen LogP contribution in [0.1, 0.15) is 12.0 Å². The van der Waals surface area contributed by atoms with E-state index in [0.29, 0.717) is 18.1 Å². The number of nitrogens with zero attached hydrogens (tertiary/aromatic N) is 5. The number of thioether (sulfide) groups is 1. The van der Waals surface area contributed by atoms with Crippen LogP contribution in [0, 0.1) is 18.3 Å². The molecule has 0 spiro atoms. The van der Waals surface area contributed by atoms with E-state index in [-0.39, 0.29) is 11.7 Å². The average molecular weight is 302 g/mol. The standard InChI is InChI=1S/C13H14N6OS/c1-10-5-2-3-6-11(10)19-13(16-17-18-19)21-9-12(20)15-8-4-7-14/h2-3,5-6H,4,8-9H2,1H3,(H,15,20). The maximum absolute atomic E-state index is 11.6. The van der Waals surface area contributed by atoms with Gasteiger partial charge in [0.05, 0.1) is 23.9 Å². The number of aryl methyl sites for hydroxylation is 1. The topological polar surface area (TPSA) is 96.5 Å². The minimum absolute atomic E-state index is 0.144. The highest BCUT2D eigenvalue weighted by atomic mass is 32.2. The van der Waals surface area contributed by atoms with Gasteiger partial charge in [-0.2, -0.15) is 9.94 Å². The second kappa shape index (κ2) is 7.40. The van der Waals surface area contributed by atoms with Crippen molar-refractivity contribution in [3.63, 3.8) is 0 Å². The molecule has 0 unspecified atom stereocenters. The number of hydrogen-bond acceptors (Lipinski definition) is 6. The summed E-state index contributed by atoms with van der Waals surface area (Å²) < 4.78 is 1.61. The lowest BCUT2D eigenvalue weighted by Gasteiger charge is -2.07. The minimum atomic E-state index is -0.144.